The normalized spacial score (nSPS) is 20.8. The molecule has 0 radical (unpaired) electrons. The Balaban J connectivity index is 1.98. The van der Waals surface area contributed by atoms with Crippen LogP contribution >= 0.6 is 22.9 Å². The molecule has 1 aliphatic rings. The van der Waals surface area contributed by atoms with Crippen molar-refractivity contribution >= 4 is 33.2 Å². The minimum atomic E-state index is -0.698. The highest BCUT2D eigenvalue weighted by Crippen LogP contribution is 2.36. The Morgan fingerprint density at radius 3 is 2.96 bits per heavy atom. The van der Waals surface area contributed by atoms with Crippen LogP contribution in [0.1, 0.15) is 10.9 Å². The van der Waals surface area contributed by atoms with E-state index in [-0.39, 0.29) is 12.2 Å². The number of aliphatic hydroxyl groups excluding tert-OH is 1. The first-order valence-corrected chi connectivity index (χ1v) is 8.77. The van der Waals surface area contributed by atoms with Gasteiger partial charge in [-0.1, -0.05) is 23.7 Å². The van der Waals surface area contributed by atoms with E-state index in [2.05, 4.69) is 4.98 Å². The van der Waals surface area contributed by atoms with E-state index in [1.54, 1.807) is 6.07 Å². The fourth-order valence-electron chi connectivity index (χ4n) is 3.14. The van der Waals surface area contributed by atoms with Crippen LogP contribution in [0.3, 0.4) is 0 Å². The lowest BCUT2D eigenvalue weighted by Gasteiger charge is -2.15. The molecule has 0 saturated carbocycles. The van der Waals surface area contributed by atoms with Crippen LogP contribution in [0.15, 0.2) is 35.4 Å². The van der Waals surface area contributed by atoms with Gasteiger partial charge in [0.25, 0.3) is 5.56 Å². The number of thiophene rings is 1. The topological polar surface area (TPSA) is 64.3 Å². The molecule has 1 fully saturated rings. The molecule has 24 heavy (non-hydrogen) atoms. The van der Waals surface area contributed by atoms with Crippen molar-refractivity contribution in [2.45, 2.75) is 19.1 Å². The number of fused-ring (bicyclic) bond motifs is 1. The Bertz CT molecular complexity index is 982. The van der Waals surface area contributed by atoms with E-state index in [0.717, 1.165) is 16.0 Å². The summed E-state index contributed by atoms with van der Waals surface area (Å²) in [5, 5.41) is 11.2. The standard InChI is InChI=1S/C17H15ClN2O3S/c1-9-14(10-3-2-4-11(18)5-10)15-16(24-9)19-8-20(17(15)22)12-6-23-7-13(12)21/h2-5,8,12-13,21H,6-7H2,1H3/t12-,13-/m0/s1. The van der Waals surface area contributed by atoms with Crippen molar-refractivity contribution in [2.24, 2.45) is 0 Å². The van der Waals surface area contributed by atoms with E-state index in [9.17, 15) is 9.90 Å². The molecule has 4 rings (SSSR count). The molecular weight excluding hydrogens is 348 g/mol. The third-order valence-corrected chi connectivity index (χ3v) is 5.55. The molecule has 0 unspecified atom stereocenters. The summed E-state index contributed by atoms with van der Waals surface area (Å²) in [4.78, 5) is 19.2. The Labute approximate surface area is 147 Å². The van der Waals surface area contributed by atoms with Gasteiger partial charge >= 0.3 is 0 Å². The third kappa shape index (κ3) is 2.46. The minimum Gasteiger partial charge on any atom is -0.388 e. The molecule has 124 valence electrons. The molecule has 1 aromatic carbocycles. The highest BCUT2D eigenvalue weighted by atomic mass is 35.5. The third-order valence-electron chi connectivity index (χ3n) is 4.31. The van der Waals surface area contributed by atoms with Crippen molar-refractivity contribution in [3.05, 3.63) is 50.8 Å². The van der Waals surface area contributed by atoms with Crippen molar-refractivity contribution in [1.29, 1.82) is 0 Å². The van der Waals surface area contributed by atoms with E-state index in [1.807, 2.05) is 25.1 Å². The summed E-state index contributed by atoms with van der Waals surface area (Å²) >= 11 is 7.60. The van der Waals surface area contributed by atoms with Gasteiger partial charge in [0.2, 0.25) is 0 Å². The van der Waals surface area contributed by atoms with Crippen molar-refractivity contribution < 1.29 is 9.84 Å². The van der Waals surface area contributed by atoms with Gasteiger partial charge in [-0.15, -0.1) is 11.3 Å². The predicted molar refractivity (Wildman–Crippen MR) is 94.9 cm³/mol. The number of benzene rings is 1. The summed E-state index contributed by atoms with van der Waals surface area (Å²) in [6, 6.07) is 7.05. The molecule has 3 heterocycles. The maximum Gasteiger partial charge on any atom is 0.263 e. The summed E-state index contributed by atoms with van der Waals surface area (Å²) in [5.74, 6) is 0. The maximum atomic E-state index is 13.1. The molecule has 7 heteroatoms. The van der Waals surface area contributed by atoms with Crippen molar-refractivity contribution in [3.63, 3.8) is 0 Å². The minimum absolute atomic E-state index is 0.158. The second kappa shape index (κ2) is 5.97. The molecule has 0 aliphatic carbocycles. The Morgan fingerprint density at radius 1 is 1.42 bits per heavy atom. The zero-order valence-electron chi connectivity index (χ0n) is 12.9. The largest absolute Gasteiger partial charge is 0.388 e. The number of hydrogen-bond donors (Lipinski definition) is 1. The van der Waals surface area contributed by atoms with E-state index in [0.29, 0.717) is 21.8 Å². The van der Waals surface area contributed by atoms with Gasteiger partial charge in [0.1, 0.15) is 10.9 Å². The molecule has 2 atom stereocenters. The van der Waals surface area contributed by atoms with Crippen molar-refractivity contribution in [1.82, 2.24) is 9.55 Å². The molecule has 1 aliphatic heterocycles. The highest BCUT2D eigenvalue weighted by Gasteiger charge is 2.30. The monoisotopic (exact) mass is 362 g/mol. The second-order valence-electron chi connectivity index (χ2n) is 5.85. The molecule has 1 saturated heterocycles. The quantitative estimate of drug-likeness (QED) is 0.761. The second-order valence-corrected chi connectivity index (χ2v) is 7.49. The van der Waals surface area contributed by atoms with E-state index in [1.165, 1.54) is 22.2 Å². The summed E-state index contributed by atoms with van der Waals surface area (Å²) in [7, 11) is 0. The van der Waals surface area contributed by atoms with Crippen LogP contribution in [-0.4, -0.2) is 34.0 Å². The molecule has 5 nitrogen and oxygen atoms in total. The summed E-state index contributed by atoms with van der Waals surface area (Å²) in [5.41, 5.74) is 1.60. The van der Waals surface area contributed by atoms with Crippen LogP contribution in [-0.2, 0) is 4.74 Å². The molecule has 0 spiro atoms. The zero-order chi connectivity index (χ0) is 16.8. The SMILES string of the molecule is Cc1sc2ncn([C@H]3COC[C@@H]3O)c(=O)c2c1-c1cccc(Cl)c1. The number of aryl methyl sites for hydroxylation is 1. The van der Waals surface area contributed by atoms with Gasteiger partial charge in [0.05, 0.1) is 31.0 Å². The average molecular weight is 363 g/mol. The molecule has 1 N–H and O–H groups in total. The molecule has 0 amide bonds. The molecule has 0 bridgehead atoms. The maximum absolute atomic E-state index is 13.1. The average Bonchev–Trinajstić information content (AvgIpc) is 3.11. The Kier molecular flexibility index (Phi) is 3.92. The van der Waals surface area contributed by atoms with Crippen molar-refractivity contribution in [3.8, 4) is 11.1 Å². The van der Waals surface area contributed by atoms with Crippen LogP contribution in [0.5, 0.6) is 0 Å². The number of aromatic nitrogens is 2. The number of hydrogen-bond acceptors (Lipinski definition) is 5. The summed E-state index contributed by atoms with van der Waals surface area (Å²) in [6.07, 6.45) is 0.807. The highest BCUT2D eigenvalue weighted by molar-refractivity contribution is 7.19. The first-order chi connectivity index (χ1) is 11.6. The summed E-state index contributed by atoms with van der Waals surface area (Å²) in [6.45, 7) is 2.52. The number of rotatable bonds is 2. The lowest BCUT2D eigenvalue weighted by molar-refractivity contribution is 0.119. The van der Waals surface area contributed by atoms with Crippen molar-refractivity contribution in [2.75, 3.05) is 13.2 Å². The van der Waals surface area contributed by atoms with Crippen LogP contribution in [0.25, 0.3) is 21.3 Å². The van der Waals surface area contributed by atoms with Crippen LogP contribution in [0.4, 0.5) is 0 Å². The smallest absolute Gasteiger partial charge is 0.263 e. The van der Waals surface area contributed by atoms with Gasteiger partial charge in [-0.05, 0) is 24.6 Å². The lowest BCUT2D eigenvalue weighted by atomic mass is 10.0. The first kappa shape index (κ1) is 15.8. The van der Waals surface area contributed by atoms with Gasteiger partial charge in [-0.3, -0.25) is 9.36 Å². The molecule has 2 aromatic heterocycles. The van der Waals surface area contributed by atoms with E-state index < -0.39 is 12.1 Å². The first-order valence-electron chi connectivity index (χ1n) is 7.58. The van der Waals surface area contributed by atoms with Gasteiger partial charge in [0, 0.05) is 15.5 Å². The predicted octanol–water partition coefficient (Wildman–Crippen LogP) is 3.02. The number of aliphatic hydroxyl groups is 1. The number of nitrogens with zero attached hydrogens (tertiary/aromatic N) is 2. The molecule has 3 aromatic rings. The van der Waals surface area contributed by atoms with Crippen LogP contribution in [0, 0.1) is 6.92 Å². The van der Waals surface area contributed by atoms with E-state index >= 15 is 0 Å². The van der Waals surface area contributed by atoms with Crippen LogP contribution < -0.4 is 5.56 Å². The number of halogens is 1. The fraction of sp³-hybridized carbons (Fsp3) is 0.294. The lowest BCUT2D eigenvalue weighted by Crippen LogP contribution is -2.31. The molecular formula is C17H15ClN2O3S. The Hall–Kier alpha value is -1.73. The van der Waals surface area contributed by atoms with Gasteiger partial charge in [-0.25, -0.2) is 4.98 Å². The van der Waals surface area contributed by atoms with Gasteiger partial charge in [0.15, 0.2) is 0 Å². The van der Waals surface area contributed by atoms with E-state index in [4.69, 9.17) is 16.3 Å². The van der Waals surface area contributed by atoms with Gasteiger partial charge < -0.3 is 9.84 Å². The Morgan fingerprint density at radius 2 is 2.25 bits per heavy atom. The van der Waals surface area contributed by atoms with Gasteiger partial charge in [-0.2, -0.15) is 0 Å². The zero-order valence-corrected chi connectivity index (χ0v) is 14.5. The van der Waals surface area contributed by atoms with Crippen LogP contribution in [0.2, 0.25) is 5.02 Å². The fourth-order valence-corrected chi connectivity index (χ4v) is 4.33. The summed E-state index contributed by atoms with van der Waals surface area (Å²) < 4.78 is 6.76. The number of ether oxygens (including phenoxy) is 1.